The number of aryl methyl sites for hydroxylation is 1. The van der Waals surface area contributed by atoms with Crippen LogP contribution in [-0.2, 0) is 18.4 Å². The van der Waals surface area contributed by atoms with Crippen molar-refractivity contribution in [3.05, 3.63) is 84.8 Å². The third kappa shape index (κ3) is 5.40. The molecule has 1 fully saturated rings. The van der Waals surface area contributed by atoms with Crippen LogP contribution in [0.2, 0.25) is 0 Å². The summed E-state index contributed by atoms with van der Waals surface area (Å²) in [4.78, 5) is 15.9. The molecule has 0 radical (unpaired) electrons. The predicted molar refractivity (Wildman–Crippen MR) is 137 cm³/mol. The van der Waals surface area contributed by atoms with Gasteiger partial charge in [-0.1, -0.05) is 42.5 Å². The van der Waals surface area contributed by atoms with Crippen molar-refractivity contribution in [1.29, 1.82) is 0 Å². The van der Waals surface area contributed by atoms with Crippen LogP contribution in [0.15, 0.2) is 79.1 Å². The second kappa shape index (κ2) is 10.6. The van der Waals surface area contributed by atoms with Crippen LogP contribution in [-0.4, -0.2) is 31.9 Å². The van der Waals surface area contributed by atoms with E-state index in [2.05, 4.69) is 28.3 Å². The zero-order valence-corrected chi connectivity index (χ0v) is 20.2. The Kier molecular flexibility index (Phi) is 6.98. The molecule has 5 rings (SSSR count). The molecule has 0 bridgehead atoms. The van der Waals surface area contributed by atoms with Gasteiger partial charge in [0.2, 0.25) is 0 Å². The van der Waals surface area contributed by atoms with E-state index in [1.165, 1.54) is 0 Å². The molecule has 36 heavy (non-hydrogen) atoms. The van der Waals surface area contributed by atoms with E-state index in [0.717, 1.165) is 53.1 Å². The van der Waals surface area contributed by atoms with Crippen molar-refractivity contribution in [1.82, 2.24) is 14.8 Å². The van der Waals surface area contributed by atoms with Crippen molar-refractivity contribution in [2.75, 3.05) is 0 Å². The lowest BCUT2D eigenvalue weighted by molar-refractivity contribution is -0.143. The van der Waals surface area contributed by atoms with E-state index < -0.39 is 5.97 Å². The number of carboxylic acids is 1. The van der Waals surface area contributed by atoms with E-state index in [1.807, 2.05) is 55.6 Å². The lowest BCUT2D eigenvalue weighted by Gasteiger charge is -2.27. The molecule has 1 aliphatic carbocycles. The molecule has 1 saturated carbocycles. The van der Waals surface area contributed by atoms with E-state index >= 15 is 0 Å². The highest BCUT2D eigenvalue weighted by Crippen LogP contribution is 2.30. The topological polar surface area (TPSA) is 86.5 Å². The van der Waals surface area contributed by atoms with Crippen LogP contribution in [0.1, 0.15) is 31.4 Å². The molecule has 4 aromatic rings. The van der Waals surface area contributed by atoms with Crippen molar-refractivity contribution in [3.63, 3.8) is 0 Å². The molecule has 7 nitrogen and oxygen atoms in total. The fourth-order valence-electron chi connectivity index (χ4n) is 4.67. The van der Waals surface area contributed by atoms with Gasteiger partial charge >= 0.3 is 5.97 Å². The summed E-state index contributed by atoms with van der Waals surface area (Å²) >= 11 is 0. The largest absolute Gasteiger partial charge is 0.489 e. The number of ether oxygens (including phenoxy) is 2. The smallest absolute Gasteiger partial charge is 0.306 e. The second-order valence-corrected chi connectivity index (χ2v) is 9.13. The van der Waals surface area contributed by atoms with Crippen LogP contribution in [0.4, 0.5) is 0 Å². The molecule has 2 atom stereocenters. The number of aromatic nitrogens is 3. The predicted octanol–water partition coefficient (Wildman–Crippen LogP) is 5.75. The molecule has 0 spiro atoms. The maximum atomic E-state index is 11.3. The average Bonchev–Trinajstić information content (AvgIpc) is 3.29. The molecule has 184 valence electrons. The van der Waals surface area contributed by atoms with E-state index in [0.29, 0.717) is 18.8 Å². The fraction of sp³-hybridized carbons (Fsp3) is 0.276. The maximum absolute atomic E-state index is 11.3. The van der Waals surface area contributed by atoms with E-state index in [-0.39, 0.29) is 12.0 Å². The maximum Gasteiger partial charge on any atom is 0.306 e. The number of benzene rings is 2. The van der Waals surface area contributed by atoms with E-state index in [4.69, 9.17) is 9.47 Å². The summed E-state index contributed by atoms with van der Waals surface area (Å²) in [7, 11) is 1.89. The second-order valence-electron chi connectivity index (χ2n) is 9.13. The van der Waals surface area contributed by atoms with E-state index in [1.54, 1.807) is 17.1 Å². The first-order valence-corrected chi connectivity index (χ1v) is 12.2. The quantitative estimate of drug-likeness (QED) is 0.343. The number of hydrogen-bond donors (Lipinski definition) is 1. The van der Waals surface area contributed by atoms with Crippen molar-refractivity contribution < 1.29 is 19.4 Å². The molecule has 1 N–H and O–H groups in total. The van der Waals surface area contributed by atoms with Gasteiger partial charge in [0.1, 0.15) is 18.1 Å². The van der Waals surface area contributed by atoms with Crippen molar-refractivity contribution in [2.24, 2.45) is 13.0 Å². The summed E-state index contributed by atoms with van der Waals surface area (Å²) in [6, 6.07) is 22.1. The Morgan fingerprint density at radius 3 is 2.61 bits per heavy atom. The summed E-state index contributed by atoms with van der Waals surface area (Å²) in [5.41, 5.74) is 4.83. The van der Waals surface area contributed by atoms with Crippen LogP contribution in [0.25, 0.3) is 22.4 Å². The third-order valence-electron chi connectivity index (χ3n) is 6.67. The molecule has 0 amide bonds. The van der Waals surface area contributed by atoms with Gasteiger partial charge in [0.05, 0.1) is 35.8 Å². The molecule has 2 heterocycles. The summed E-state index contributed by atoms with van der Waals surface area (Å²) < 4.78 is 14.0. The van der Waals surface area contributed by atoms with E-state index in [9.17, 15) is 9.90 Å². The first-order chi connectivity index (χ1) is 17.6. The van der Waals surface area contributed by atoms with Gasteiger partial charge in [0, 0.05) is 12.6 Å². The lowest BCUT2D eigenvalue weighted by Crippen LogP contribution is -2.29. The Labute approximate surface area is 210 Å². The number of rotatable bonds is 8. The number of hydrogen-bond acceptors (Lipinski definition) is 5. The van der Waals surface area contributed by atoms with Gasteiger partial charge in [0.25, 0.3) is 0 Å². The standard InChI is InChI=1S/C29H29N3O4/c1-32-28(19-35-23-11-5-9-21(15-23)20-7-3-2-4-8-20)26(18-31-32)27-14-13-25(17-30-27)36-24-12-6-10-22(16-24)29(33)34/h2-5,7-9,11,13-15,17-18,22,24H,6,10,12,16,19H2,1H3,(H,33,34)/t22?,24-/m0/s1. The monoisotopic (exact) mass is 483 g/mol. The Hall–Kier alpha value is -4.13. The van der Waals surface area contributed by atoms with Crippen LogP contribution < -0.4 is 9.47 Å². The molecule has 2 aromatic carbocycles. The molecule has 1 unspecified atom stereocenters. The van der Waals surface area contributed by atoms with Gasteiger partial charge in [-0.05, 0) is 61.1 Å². The SMILES string of the molecule is Cn1ncc(-c2ccc(O[C@H]3CCCC(C(=O)O)C3)cn2)c1COc1cccc(-c2ccccc2)c1. The molecule has 1 aliphatic rings. The normalized spacial score (nSPS) is 17.5. The van der Waals surface area contributed by atoms with Crippen LogP contribution >= 0.6 is 0 Å². The van der Waals surface area contributed by atoms with Gasteiger partial charge in [-0.25, -0.2) is 0 Å². The van der Waals surface area contributed by atoms with Crippen LogP contribution in [0, 0.1) is 5.92 Å². The number of nitrogens with zero attached hydrogens (tertiary/aromatic N) is 3. The highest BCUT2D eigenvalue weighted by molar-refractivity contribution is 5.70. The third-order valence-corrected chi connectivity index (χ3v) is 6.67. The number of carboxylic acid groups (broad SMARTS) is 1. The molecule has 0 aliphatic heterocycles. The van der Waals surface area contributed by atoms with Gasteiger partial charge in [0.15, 0.2) is 0 Å². The zero-order valence-electron chi connectivity index (χ0n) is 20.2. The molecular weight excluding hydrogens is 454 g/mol. The Morgan fingerprint density at radius 1 is 1.00 bits per heavy atom. The Morgan fingerprint density at radius 2 is 1.83 bits per heavy atom. The first-order valence-electron chi connectivity index (χ1n) is 12.2. The summed E-state index contributed by atoms with van der Waals surface area (Å²) in [6.07, 6.45) is 6.37. The summed E-state index contributed by atoms with van der Waals surface area (Å²) in [6.45, 7) is 0.350. The summed E-state index contributed by atoms with van der Waals surface area (Å²) in [5, 5.41) is 13.7. The molecule has 2 aromatic heterocycles. The minimum Gasteiger partial charge on any atom is -0.489 e. The van der Waals surface area contributed by atoms with Crippen molar-refractivity contribution in [2.45, 2.75) is 38.4 Å². The summed E-state index contributed by atoms with van der Waals surface area (Å²) in [5.74, 6) is 0.360. The van der Waals surface area contributed by atoms with Gasteiger partial charge in [-0.2, -0.15) is 5.10 Å². The van der Waals surface area contributed by atoms with Gasteiger partial charge in [-0.3, -0.25) is 14.5 Å². The van der Waals surface area contributed by atoms with Crippen LogP contribution in [0.5, 0.6) is 11.5 Å². The average molecular weight is 484 g/mol. The zero-order chi connectivity index (χ0) is 24.9. The molecule has 7 heteroatoms. The highest BCUT2D eigenvalue weighted by Gasteiger charge is 2.28. The Bertz CT molecular complexity index is 1320. The minimum atomic E-state index is -0.741. The fourth-order valence-corrected chi connectivity index (χ4v) is 4.67. The minimum absolute atomic E-state index is 0.0958. The number of pyridine rings is 1. The van der Waals surface area contributed by atoms with Gasteiger partial charge < -0.3 is 14.6 Å². The number of carbonyl (C=O) groups is 1. The molecular formula is C29H29N3O4. The highest BCUT2D eigenvalue weighted by atomic mass is 16.5. The van der Waals surface area contributed by atoms with Gasteiger partial charge in [-0.15, -0.1) is 0 Å². The molecule has 0 saturated heterocycles. The van der Waals surface area contributed by atoms with Crippen molar-refractivity contribution >= 4 is 5.97 Å². The Balaban J connectivity index is 1.26. The number of aliphatic carboxylic acids is 1. The lowest BCUT2D eigenvalue weighted by atomic mass is 9.87. The first kappa shape index (κ1) is 23.6. The van der Waals surface area contributed by atoms with Crippen molar-refractivity contribution in [3.8, 4) is 33.9 Å². The van der Waals surface area contributed by atoms with Crippen LogP contribution in [0.3, 0.4) is 0 Å².